The maximum Gasteiger partial charge on any atom is 0.335 e. The number of hydrogen-bond acceptors (Lipinski definition) is 2. The molecule has 0 atom stereocenters. The van der Waals surface area contributed by atoms with Crippen molar-refractivity contribution in [2.24, 2.45) is 0 Å². The molecule has 0 saturated heterocycles. The molecule has 2 aromatic rings. The molecule has 1 N–H and O–H groups in total. The molecule has 1 amide bonds. The number of benzene rings is 2. The van der Waals surface area contributed by atoms with Gasteiger partial charge in [-0.25, -0.2) is 4.79 Å². The highest BCUT2D eigenvalue weighted by Crippen LogP contribution is 2.28. The summed E-state index contributed by atoms with van der Waals surface area (Å²) in [6, 6.07) is 13.3. The Morgan fingerprint density at radius 3 is 2.62 bits per heavy atom. The van der Waals surface area contributed by atoms with Crippen molar-refractivity contribution in [3.8, 4) is 0 Å². The molecule has 1 heterocycles. The Bertz CT molecular complexity index is 826. The van der Waals surface area contributed by atoms with Gasteiger partial charge in [0.2, 0.25) is 5.91 Å². The van der Waals surface area contributed by atoms with E-state index in [4.69, 9.17) is 0 Å². The fraction of sp³-hybridized carbons (Fsp3) is 0.364. The maximum atomic E-state index is 12.7. The van der Waals surface area contributed by atoms with Crippen molar-refractivity contribution in [2.75, 3.05) is 6.54 Å². The van der Waals surface area contributed by atoms with Gasteiger partial charge in [-0.15, -0.1) is 0 Å². The minimum atomic E-state index is -0.943. The first-order valence-electron chi connectivity index (χ1n) is 9.17. The van der Waals surface area contributed by atoms with Crippen molar-refractivity contribution in [3.05, 3.63) is 70.3 Å². The topological polar surface area (TPSA) is 57.6 Å². The monoisotopic (exact) mass is 351 g/mol. The Kier molecular flexibility index (Phi) is 5.40. The molecule has 4 nitrogen and oxygen atoms in total. The lowest BCUT2D eigenvalue weighted by Gasteiger charge is -2.31. The van der Waals surface area contributed by atoms with Gasteiger partial charge in [0.25, 0.3) is 0 Å². The molecule has 0 aromatic heterocycles. The van der Waals surface area contributed by atoms with E-state index in [1.54, 1.807) is 18.2 Å². The van der Waals surface area contributed by atoms with Gasteiger partial charge in [-0.3, -0.25) is 4.79 Å². The van der Waals surface area contributed by atoms with E-state index < -0.39 is 5.97 Å². The van der Waals surface area contributed by atoms with Crippen LogP contribution < -0.4 is 0 Å². The van der Waals surface area contributed by atoms with Gasteiger partial charge in [0.05, 0.1) is 5.56 Å². The summed E-state index contributed by atoms with van der Waals surface area (Å²) < 4.78 is 0. The molecule has 26 heavy (non-hydrogen) atoms. The molecule has 4 heteroatoms. The number of carbonyl (C=O) groups excluding carboxylic acids is 1. The van der Waals surface area contributed by atoms with Crippen molar-refractivity contribution >= 4 is 11.9 Å². The van der Waals surface area contributed by atoms with Gasteiger partial charge >= 0.3 is 5.97 Å². The van der Waals surface area contributed by atoms with Gasteiger partial charge in [-0.2, -0.15) is 0 Å². The molecule has 3 rings (SSSR count). The molecular formula is C22H25NO3. The Balaban J connectivity index is 1.67. The van der Waals surface area contributed by atoms with Crippen LogP contribution in [0.1, 0.15) is 58.8 Å². The predicted molar refractivity (Wildman–Crippen MR) is 101 cm³/mol. The third-order valence-corrected chi connectivity index (χ3v) is 5.13. The van der Waals surface area contributed by atoms with E-state index in [1.165, 1.54) is 16.7 Å². The lowest BCUT2D eigenvalue weighted by atomic mass is 9.89. The zero-order valence-electron chi connectivity index (χ0n) is 15.4. The van der Waals surface area contributed by atoms with E-state index in [9.17, 15) is 14.7 Å². The van der Waals surface area contributed by atoms with Gasteiger partial charge in [-0.05, 0) is 47.1 Å². The highest BCUT2D eigenvalue weighted by Gasteiger charge is 2.23. The zero-order valence-corrected chi connectivity index (χ0v) is 15.4. The summed E-state index contributed by atoms with van der Waals surface area (Å²) in [6.45, 7) is 5.78. The SMILES string of the molecule is CC(C)c1cccc2c1CCN(C(=O)CCc1ccccc1C(=O)O)C2. The summed E-state index contributed by atoms with van der Waals surface area (Å²) in [7, 11) is 0. The first kappa shape index (κ1) is 18.2. The van der Waals surface area contributed by atoms with Gasteiger partial charge < -0.3 is 10.0 Å². The highest BCUT2D eigenvalue weighted by molar-refractivity contribution is 5.89. The molecular weight excluding hydrogens is 326 g/mol. The quantitative estimate of drug-likeness (QED) is 0.885. The van der Waals surface area contributed by atoms with Crippen LogP contribution in [0.2, 0.25) is 0 Å². The minimum Gasteiger partial charge on any atom is -0.478 e. The average molecular weight is 351 g/mol. The summed E-state index contributed by atoms with van der Waals surface area (Å²) in [5, 5.41) is 9.26. The fourth-order valence-electron chi connectivity index (χ4n) is 3.74. The molecule has 1 aliphatic rings. The van der Waals surface area contributed by atoms with E-state index in [-0.39, 0.29) is 11.5 Å². The number of hydrogen-bond donors (Lipinski definition) is 1. The van der Waals surface area contributed by atoms with Crippen LogP contribution in [-0.4, -0.2) is 28.4 Å². The Morgan fingerprint density at radius 1 is 1.12 bits per heavy atom. The second-order valence-corrected chi connectivity index (χ2v) is 7.17. The molecule has 2 aromatic carbocycles. The van der Waals surface area contributed by atoms with Crippen LogP contribution in [0.5, 0.6) is 0 Å². The summed E-state index contributed by atoms with van der Waals surface area (Å²) in [6.07, 6.45) is 1.68. The molecule has 0 radical (unpaired) electrons. The van der Waals surface area contributed by atoms with Crippen LogP contribution >= 0.6 is 0 Å². The van der Waals surface area contributed by atoms with Crippen LogP contribution in [0.15, 0.2) is 42.5 Å². The molecule has 0 bridgehead atoms. The van der Waals surface area contributed by atoms with Gasteiger partial charge in [0, 0.05) is 19.5 Å². The van der Waals surface area contributed by atoms with Crippen molar-refractivity contribution in [2.45, 2.75) is 45.6 Å². The van der Waals surface area contributed by atoms with Crippen LogP contribution in [0, 0.1) is 0 Å². The number of amides is 1. The van der Waals surface area contributed by atoms with E-state index in [2.05, 4.69) is 32.0 Å². The van der Waals surface area contributed by atoms with Crippen molar-refractivity contribution in [3.63, 3.8) is 0 Å². The number of carboxylic acids is 1. The van der Waals surface area contributed by atoms with Gasteiger partial charge in [0.1, 0.15) is 0 Å². The Labute approximate surface area is 154 Å². The van der Waals surface area contributed by atoms with E-state index >= 15 is 0 Å². The summed E-state index contributed by atoms with van der Waals surface area (Å²) in [4.78, 5) is 25.9. The number of nitrogens with zero attached hydrogens (tertiary/aromatic N) is 1. The molecule has 0 aliphatic carbocycles. The largest absolute Gasteiger partial charge is 0.478 e. The fourth-order valence-corrected chi connectivity index (χ4v) is 3.74. The van der Waals surface area contributed by atoms with Gasteiger partial charge in [0.15, 0.2) is 0 Å². The van der Waals surface area contributed by atoms with Crippen molar-refractivity contribution < 1.29 is 14.7 Å². The summed E-state index contributed by atoms with van der Waals surface area (Å²) in [5.41, 5.74) is 5.01. The minimum absolute atomic E-state index is 0.0887. The van der Waals surface area contributed by atoms with E-state index in [0.29, 0.717) is 30.9 Å². The standard InChI is InChI=1S/C22H25NO3/c1-15(2)18-9-5-7-17-14-23(13-12-19(17)18)21(24)11-10-16-6-3-4-8-20(16)22(25)26/h3-9,15H,10-14H2,1-2H3,(H,25,26). The van der Waals surface area contributed by atoms with E-state index in [1.807, 2.05) is 11.0 Å². The summed E-state index contributed by atoms with van der Waals surface area (Å²) in [5.74, 6) is -0.369. The molecule has 136 valence electrons. The summed E-state index contributed by atoms with van der Waals surface area (Å²) >= 11 is 0. The second kappa shape index (κ2) is 7.73. The van der Waals surface area contributed by atoms with E-state index in [0.717, 1.165) is 13.0 Å². The third-order valence-electron chi connectivity index (χ3n) is 5.13. The van der Waals surface area contributed by atoms with Crippen LogP contribution in [-0.2, 0) is 24.2 Å². The number of fused-ring (bicyclic) bond motifs is 1. The average Bonchev–Trinajstić information content (AvgIpc) is 2.65. The Morgan fingerprint density at radius 2 is 1.88 bits per heavy atom. The zero-order chi connectivity index (χ0) is 18.7. The predicted octanol–water partition coefficient (Wildman–Crippen LogP) is 4.03. The number of aryl methyl sites for hydroxylation is 1. The molecule has 0 saturated carbocycles. The number of carbonyl (C=O) groups is 2. The number of carboxylic acid groups (broad SMARTS) is 1. The normalized spacial score (nSPS) is 13.6. The van der Waals surface area contributed by atoms with Crippen LogP contribution in [0.3, 0.4) is 0 Å². The lowest BCUT2D eigenvalue weighted by Crippen LogP contribution is -2.36. The van der Waals surface area contributed by atoms with Gasteiger partial charge in [-0.1, -0.05) is 50.2 Å². The lowest BCUT2D eigenvalue weighted by molar-refractivity contribution is -0.132. The molecule has 0 fully saturated rings. The first-order chi connectivity index (χ1) is 12.5. The highest BCUT2D eigenvalue weighted by atomic mass is 16.4. The van der Waals surface area contributed by atoms with Crippen molar-refractivity contribution in [1.82, 2.24) is 4.90 Å². The van der Waals surface area contributed by atoms with Crippen LogP contribution in [0.4, 0.5) is 0 Å². The number of aromatic carboxylic acids is 1. The Hall–Kier alpha value is -2.62. The third kappa shape index (κ3) is 3.79. The van der Waals surface area contributed by atoms with Crippen LogP contribution in [0.25, 0.3) is 0 Å². The van der Waals surface area contributed by atoms with Crippen molar-refractivity contribution in [1.29, 1.82) is 0 Å². The first-order valence-corrected chi connectivity index (χ1v) is 9.17. The smallest absolute Gasteiger partial charge is 0.335 e. The number of rotatable bonds is 5. The molecule has 0 unspecified atom stereocenters. The molecule has 1 aliphatic heterocycles. The maximum absolute atomic E-state index is 12.7. The second-order valence-electron chi connectivity index (χ2n) is 7.17. The molecule has 0 spiro atoms.